The Morgan fingerprint density at radius 1 is 1.35 bits per heavy atom. The minimum absolute atomic E-state index is 0.141. The van der Waals surface area contributed by atoms with Crippen molar-refractivity contribution in [2.45, 2.75) is 44.6 Å². The molecule has 1 atom stereocenters. The molecule has 1 N–H and O–H groups in total. The Balaban J connectivity index is 1.65. The van der Waals surface area contributed by atoms with E-state index in [9.17, 15) is 4.79 Å². The van der Waals surface area contributed by atoms with Crippen molar-refractivity contribution in [2.75, 3.05) is 6.54 Å². The van der Waals surface area contributed by atoms with Gasteiger partial charge in [0.25, 0.3) is 0 Å². The summed E-state index contributed by atoms with van der Waals surface area (Å²) in [6.07, 6.45) is 8.99. The van der Waals surface area contributed by atoms with Crippen LogP contribution in [0, 0.1) is 5.92 Å². The molecule has 2 fully saturated rings. The van der Waals surface area contributed by atoms with E-state index >= 15 is 0 Å². The van der Waals surface area contributed by atoms with Crippen LogP contribution >= 0.6 is 0 Å². The van der Waals surface area contributed by atoms with Crippen LogP contribution in [-0.4, -0.2) is 22.2 Å². The molecule has 1 aliphatic heterocycles. The highest BCUT2D eigenvalue weighted by atomic mass is 16.2. The summed E-state index contributed by atoms with van der Waals surface area (Å²) in [6.45, 7) is 0.826. The van der Waals surface area contributed by atoms with Crippen LogP contribution in [0.25, 0.3) is 0 Å². The molecule has 1 aliphatic carbocycles. The molecule has 1 saturated heterocycles. The van der Waals surface area contributed by atoms with E-state index in [1.54, 1.807) is 0 Å². The van der Waals surface area contributed by atoms with E-state index in [0.717, 1.165) is 25.1 Å². The number of carbonyl (C=O) groups excluding carboxylic acids is 1. The lowest BCUT2D eigenvalue weighted by molar-refractivity contribution is -0.122. The number of rotatable bonds is 3. The first kappa shape index (κ1) is 10.8. The third-order valence-corrected chi connectivity index (χ3v) is 3.98. The molecule has 2 aliphatic rings. The average Bonchev–Trinajstić information content (AvgIpc) is 3.02. The van der Waals surface area contributed by atoms with Crippen molar-refractivity contribution < 1.29 is 4.79 Å². The summed E-state index contributed by atoms with van der Waals surface area (Å²) in [5, 5.41) is 7.51. The number of nitrogens with zero attached hydrogens (tertiary/aromatic N) is 2. The quantitative estimate of drug-likeness (QED) is 0.863. The van der Waals surface area contributed by atoms with Crippen molar-refractivity contribution >= 4 is 5.91 Å². The van der Waals surface area contributed by atoms with Gasteiger partial charge in [0.15, 0.2) is 0 Å². The van der Waals surface area contributed by atoms with Gasteiger partial charge in [-0.25, -0.2) is 0 Å². The highest BCUT2D eigenvalue weighted by Crippen LogP contribution is 2.29. The highest BCUT2D eigenvalue weighted by Gasteiger charge is 2.25. The van der Waals surface area contributed by atoms with E-state index in [2.05, 4.69) is 27.4 Å². The third-order valence-electron chi connectivity index (χ3n) is 3.98. The van der Waals surface area contributed by atoms with Crippen LogP contribution in [0.5, 0.6) is 0 Å². The minimum Gasteiger partial charge on any atom is -0.356 e. The van der Waals surface area contributed by atoms with Crippen molar-refractivity contribution in [2.24, 2.45) is 5.92 Å². The molecule has 0 radical (unpaired) electrons. The van der Waals surface area contributed by atoms with Gasteiger partial charge >= 0.3 is 0 Å². The molecule has 0 bridgehead atoms. The van der Waals surface area contributed by atoms with E-state index in [1.807, 2.05) is 0 Å². The third kappa shape index (κ3) is 2.21. The van der Waals surface area contributed by atoms with Gasteiger partial charge in [0.1, 0.15) is 0 Å². The number of hydrogen-bond donors (Lipinski definition) is 1. The topological polar surface area (TPSA) is 46.9 Å². The first-order valence-corrected chi connectivity index (χ1v) is 6.64. The molecule has 4 heteroatoms. The van der Waals surface area contributed by atoms with Gasteiger partial charge in [-0.05, 0) is 25.3 Å². The fraction of sp³-hybridized carbons (Fsp3) is 0.692. The van der Waals surface area contributed by atoms with Crippen LogP contribution in [0.3, 0.4) is 0 Å². The normalized spacial score (nSPS) is 25.4. The molecule has 1 aromatic heterocycles. The first-order chi connectivity index (χ1) is 8.33. The zero-order valence-electron chi connectivity index (χ0n) is 10.1. The maximum absolute atomic E-state index is 11.5. The Kier molecular flexibility index (Phi) is 2.87. The highest BCUT2D eigenvalue weighted by molar-refractivity contribution is 5.80. The molecule has 1 aromatic rings. The summed E-state index contributed by atoms with van der Waals surface area (Å²) >= 11 is 0. The molecule has 92 valence electrons. The largest absolute Gasteiger partial charge is 0.356 e. The summed E-state index contributed by atoms with van der Waals surface area (Å²) in [5.74, 6) is 0.336. The number of carbonyl (C=O) groups is 1. The van der Waals surface area contributed by atoms with Crippen LogP contribution in [0.4, 0.5) is 0 Å². The standard InChI is InChI=1S/C13H19N3O/c17-13-10(5-7-14-13)9-11-6-8-16(15-11)12-3-1-2-4-12/h6,8,10,12H,1-5,7,9H2,(H,14,17). The van der Waals surface area contributed by atoms with Crippen molar-refractivity contribution in [1.82, 2.24) is 15.1 Å². The monoisotopic (exact) mass is 233 g/mol. The number of aromatic nitrogens is 2. The zero-order chi connectivity index (χ0) is 11.7. The predicted octanol–water partition coefficient (Wildman–Crippen LogP) is 1.68. The van der Waals surface area contributed by atoms with Crippen molar-refractivity contribution in [1.29, 1.82) is 0 Å². The molecule has 17 heavy (non-hydrogen) atoms. The molecule has 3 rings (SSSR count). The lowest BCUT2D eigenvalue weighted by Gasteiger charge is -2.09. The summed E-state index contributed by atoms with van der Waals surface area (Å²) in [4.78, 5) is 11.5. The van der Waals surface area contributed by atoms with Gasteiger partial charge in [-0.3, -0.25) is 9.48 Å². The molecule has 1 saturated carbocycles. The molecule has 1 amide bonds. The smallest absolute Gasteiger partial charge is 0.223 e. The van der Waals surface area contributed by atoms with E-state index in [-0.39, 0.29) is 11.8 Å². The second-order valence-electron chi connectivity index (χ2n) is 5.21. The number of hydrogen-bond acceptors (Lipinski definition) is 2. The second kappa shape index (κ2) is 4.51. The Morgan fingerprint density at radius 3 is 2.88 bits per heavy atom. The van der Waals surface area contributed by atoms with Gasteiger partial charge in [0, 0.05) is 25.1 Å². The van der Waals surface area contributed by atoms with Gasteiger partial charge in [-0.1, -0.05) is 12.8 Å². The Labute approximate surface area is 101 Å². The fourth-order valence-electron chi connectivity index (χ4n) is 2.95. The van der Waals surface area contributed by atoms with E-state index in [0.29, 0.717) is 6.04 Å². The minimum atomic E-state index is 0.141. The lowest BCUT2D eigenvalue weighted by atomic mass is 10.0. The fourth-order valence-corrected chi connectivity index (χ4v) is 2.95. The van der Waals surface area contributed by atoms with Crippen molar-refractivity contribution in [3.05, 3.63) is 18.0 Å². The van der Waals surface area contributed by atoms with E-state index in [4.69, 9.17) is 0 Å². The van der Waals surface area contributed by atoms with Crippen LogP contribution < -0.4 is 5.32 Å². The molecular formula is C13H19N3O. The molecule has 0 spiro atoms. The predicted molar refractivity (Wildman–Crippen MR) is 64.6 cm³/mol. The van der Waals surface area contributed by atoms with Crippen LogP contribution in [0.15, 0.2) is 12.3 Å². The van der Waals surface area contributed by atoms with E-state index in [1.165, 1.54) is 25.7 Å². The molecule has 0 aromatic carbocycles. The van der Waals surface area contributed by atoms with Crippen LogP contribution in [0.1, 0.15) is 43.8 Å². The van der Waals surface area contributed by atoms with Gasteiger partial charge in [-0.2, -0.15) is 5.10 Å². The maximum Gasteiger partial charge on any atom is 0.223 e. The summed E-state index contributed by atoms with van der Waals surface area (Å²) in [7, 11) is 0. The number of amides is 1. The van der Waals surface area contributed by atoms with Gasteiger partial charge in [0.05, 0.1) is 11.7 Å². The maximum atomic E-state index is 11.5. The Hall–Kier alpha value is -1.32. The molecular weight excluding hydrogens is 214 g/mol. The summed E-state index contributed by atoms with van der Waals surface area (Å²) < 4.78 is 2.11. The van der Waals surface area contributed by atoms with Crippen molar-refractivity contribution in [3.63, 3.8) is 0 Å². The van der Waals surface area contributed by atoms with Crippen LogP contribution in [0.2, 0.25) is 0 Å². The zero-order valence-corrected chi connectivity index (χ0v) is 10.1. The lowest BCUT2D eigenvalue weighted by Crippen LogP contribution is -2.20. The Bertz CT molecular complexity index is 407. The van der Waals surface area contributed by atoms with Gasteiger partial charge < -0.3 is 5.32 Å². The molecule has 2 heterocycles. The Morgan fingerprint density at radius 2 is 2.18 bits per heavy atom. The first-order valence-electron chi connectivity index (χ1n) is 6.64. The average molecular weight is 233 g/mol. The van der Waals surface area contributed by atoms with Gasteiger partial charge in [-0.15, -0.1) is 0 Å². The number of nitrogens with one attached hydrogen (secondary N) is 1. The molecule has 1 unspecified atom stereocenters. The van der Waals surface area contributed by atoms with Gasteiger partial charge in [0.2, 0.25) is 5.91 Å². The SMILES string of the molecule is O=C1NCCC1Cc1ccn(C2CCCC2)n1. The summed E-state index contributed by atoms with van der Waals surface area (Å²) in [6, 6.07) is 2.67. The van der Waals surface area contributed by atoms with Crippen molar-refractivity contribution in [3.8, 4) is 0 Å². The van der Waals surface area contributed by atoms with Crippen LogP contribution in [-0.2, 0) is 11.2 Å². The molecule has 4 nitrogen and oxygen atoms in total. The second-order valence-corrected chi connectivity index (χ2v) is 5.21. The summed E-state index contributed by atoms with van der Waals surface area (Å²) in [5.41, 5.74) is 1.07. The van der Waals surface area contributed by atoms with E-state index < -0.39 is 0 Å².